The Balaban J connectivity index is 1.79. The SMILES string of the molecule is CCC1CCC(c2noc(-c3ccnc(CN)c3)n2)C1. The monoisotopic (exact) mass is 272 g/mol. The van der Waals surface area contributed by atoms with E-state index in [1.165, 1.54) is 25.7 Å². The Morgan fingerprint density at radius 3 is 3.05 bits per heavy atom. The predicted octanol–water partition coefficient (Wildman–Crippen LogP) is 2.88. The quantitative estimate of drug-likeness (QED) is 0.925. The van der Waals surface area contributed by atoms with Crippen molar-refractivity contribution < 1.29 is 4.52 Å². The molecule has 1 fully saturated rings. The van der Waals surface area contributed by atoms with Gasteiger partial charge < -0.3 is 10.3 Å². The number of hydrogen-bond acceptors (Lipinski definition) is 5. The van der Waals surface area contributed by atoms with Crippen LogP contribution in [0.3, 0.4) is 0 Å². The lowest BCUT2D eigenvalue weighted by Crippen LogP contribution is -1.99. The summed E-state index contributed by atoms with van der Waals surface area (Å²) in [6.07, 6.45) is 6.59. The first-order valence-corrected chi connectivity index (χ1v) is 7.29. The molecule has 0 amide bonds. The zero-order valence-corrected chi connectivity index (χ0v) is 11.7. The first-order valence-electron chi connectivity index (χ1n) is 7.29. The standard InChI is InChI=1S/C15H20N4O/c1-2-10-3-4-11(7-10)14-18-15(20-19-14)12-5-6-17-13(8-12)9-16/h5-6,8,10-11H,2-4,7,9,16H2,1H3. The average molecular weight is 272 g/mol. The molecule has 2 aromatic heterocycles. The van der Waals surface area contributed by atoms with Gasteiger partial charge in [0.05, 0.1) is 5.69 Å². The van der Waals surface area contributed by atoms with Gasteiger partial charge in [-0.3, -0.25) is 4.98 Å². The van der Waals surface area contributed by atoms with Crippen LogP contribution in [0.1, 0.15) is 50.0 Å². The molecule has 5 nitrogen and oxygen atoms in total. The van der Waals surface area contributed by atoms with Gasteiger partial charge in [-0.25, -0.2) is 0 Å². The fourth-order valence-electron chi connectivity index (χ4n) is 2.92. The molecule has 106 valence electrons. The van der Waals surface area contributed by atoms with Gasteiger partial charge in [0.15, 0.2) is 5.82 Å². The van der Waals surface area contributed by atoms with Crippen LogP contribution in [0.25, 0.3) is 11.5 Å². The zero-order valence-electron chi connectivity index (χ0n) is 11.7. The molecule has 2 heterocycles. The zero-order chi connectivity index (χ0) is 13.9. The Hall–Kier alpha value is -1.75. The van der Waals surface area contributed by atoms with Gasteiger partial charge in [-0.15, -0.1) is 0 Å². The molecular weight excluding hydrogens is 252 g/mol. The second-order valence-corrected chi connectivity index (χ2v) is 5.48. The van der Waals surface area contributed by atoms with Crippen molar-refractivity contribution in [3.05, 3.63) is 29.8 Å². The lowest BCUT2D eigenvalue weighted by atomic mass is 10.0. The largest absolute Gasteiger partial charge is 0.334 e. The Morgan fingerprint density at radius 2 is 2.30 bits per heavy atom. The molecule has 3 rings (SSSR count). The van der Waals surface area contributed by atoms with Crippen LogP contribution in [-0.2, 0) is 6.54 Å². The molecule has 2 aromatic rings. The number of nitrogens with two attached hydrogens (primary N) is 1. The lowest BCUT2D eigenvalue weighted by molar-refractivity contribution is 0.413. The van der Waals surface area contributed by atoms with Crippen molar-refractivity contribution in [3.8, 4) is 11.5 Å². The molecular formula is C15H20N4O. The minimum Gasteiger partial charge on any atom is -0.334 e. The van der Waals surface area contributed by atoms with Crippen molar-refractivity contribution >= 4 is 0 Å². The molecule has 0 radical (unpaired) electrons. The Bertz CT molecular complexity index is 581. The van der Waals surface area contributed by atoms with Crippen LogP contribution in [0, 0.1) is 5.92 Å². The smallest absolute Gasteiger partial charge is 0.258 e. The van der Waals surface area contributed by atoms with Crippen LogP contribution >= 0.6 is 0 Å². The van der Waals surface area contributed by atoms with E-state index in [9.17, 15) is 0 Å². The van der Waals surface area contributed by atoms with Gasteiger partial charge in [-0.05, 0) is 37.3 Å². The second kappa shape index (κ2) is 5.71. The maximum absolute atomic E-state index is 5.60. The first-order chi connectivity index (χ1) is 9.80. The summed E-state index contributed by atoms with van der Waals surface area (Å²) in [6, 6.07) is 3.78. The van der Waals surface area contributed by atoms with Crippen LogP contribution < -0.4 is 5.73 Å². The average Bonchev–Trinajstić information content (AvgIpc) is 3.15. The first kappa shape index (κ1) is 13.2. The third kappa shape index (κ3) is 2.58. The molecule has 1 aliphatic carbocycles. The highest BCUT2D eigenvalue weighted by atomic mass is 16.5. The van der Waals surface area contributed by atoms with E-state index in [0.717, 1.165) is 23.0 Å². The summed E-state index contributed by atoms with van der Waals surface area (Å²) in [5.41, 5.74) is 7.32. The molecule has 0 bridgehead atoms. The highest BCUT2D eigenvalue weighted by Crippen LogP contribution is 2.38. The van der Waals surface area contributed by atoms with Crippen LogP contribution in [0.4, 0.5) is 0 Å². The fraction of sp³-hybridized carbons (Fsp3) is 0.533. The third-order valence-corrected chi connectivity index (χ3v) is 4.20. The van der Waals surface area contributed by atoms with Crippen molar-refractivity contribution in [1.29, 1.82) is 0 Å². The highest BCUT2D eigenvalue weighted by Gasteiger charge is 2.28. The minimum absolute atomic E-state index is 0.412. The van der Waals surface area contributed by atoms with Crippen molar-refractivity contribution in [3.63, 3.8) is 0 Å². The summed E-state index contributed by atoms with van der Waals surface area (Å²) < 4.78 is 5.40. The van der Waals surface area contributed by atoms with Gasteiger partial charge in [-0.2, -0.15) is 4.98 Å². The summed E-state index contributed by atoms with van der Waals surface area (Å²) in [7, 11) is 0. The number of nitrogens with zero attached hydrogens (tertiary/aromatic N) is 3. The number of hydrogen-bond donors (Lipinski definition) is 1. The van der Waals surface area contributed by atoms with Gasteiger partial charge >= 0.3 is 0 Å². The van der Waals surface area contributed by atoms with E-state index in [0.29, 0.717) is 18.4 Å². The van der Waals surface area contributed by atoms with E-state index in [4.69, 9.17) is 10.3 Å². The van der Waals surface area contributed by atoms with Crippen molar-refractivity contribution in [1.82, 2.24) is 15.1 Å². The third-order valence-electron chi connectivity index (χ3n) is 4.20. The number of pyridine rings is 1. The van der Waals surface area contributed by atoms with Crippen molar-refractivity contribution in [2.45, 2.75) is 45.1 Å². The van der Waals surface area contributed by atoms with Crippen LogP contribution in [0.5, 0.6) is 0 Å². The van der Waals surface area contributed by atoms with Gasteiger partial charge in [0, 0.05) is 24.2 Å². The van der Waals surface area contributed by atoms with Gasteiger partial charge in [-0.1, -0.05) is 18.5 Å². The molecule has 2 N–H and O–H groups in total. The van der Waals surface area contributed by atoms with Crippen molar-refractivity contribution in [2.75, 3.05) is 0 Å². The lowest BCUT2D eigenvalue weighted by Gasteiger charge is -2.04. The molecule has 5 heteroatoms. The molecule has 1 saturated carbocycles. The fourth-order valence-corrected chi connectivity index (χ4v) is 2.92. The van der Waals surface area contributed by atoms with E-state index >= 15 is 0 Å². The van der Waals surface area contributed by atoms with Crippen LogP contribution in [0.15, 0.2) is 22.9 Å². The Morgan fingerprint density at radius 1 is 1.40 bits per heavy atom. The Kier molecular flexibility index (Phi) is 3.78. The summed E-state index contributed by atoms with van der Waals surface area (Å²) in [6.45, 7) is 2.66. The number of rotatable bonds is 4. The van der Waals surface area contributed by atoms with Crippen molar-refractivity contribution in [2.24, 2.45) is 11.7 Å². The van der Waals surface area contributed by atoms with Gasteiger partial charge in [0.2, 0.25) is 0 Å². The second-order valence-electron chi connectivity index (χ2n) is 5.48. The summed E-state index contributed by atoms with van der Waals surface area (Å²) in [4.78, 5) is 8.73. The minimum atomic E-state index is 0.412. The summed E-state index contributed by atoms with van der Waals surface area (Å²) in [5.74, 6) is 2.68. The van der Waals surface area contributed by atoms with E-state index in [-0.39, 0.29) is 0 Å². The van der Waals surface area contributed by atoms with Gasteiger partial charge in [0.1, 0.15) is 0 Å². The molecule has 0 aromatic carbocycles. The topological polar surface area (TPSA) is 77.8 Å². The molecule has 2 unspecified atom stereocenters. The normalized spacial score (nSPS) is 22.3. The van der Waals surface area contributed by atoms with E-state index < -0.39 is 0 Å². The molecule has 0 saturated heterocycles. The molecule has 20 heavy (non-hydrogen) atoms. The van der Waals surface area contributed by atoms with E-state index in [1.807, 2.05) is 12.1 Å². The van der Waals surface area contributed by atoms with E-state index in [2.05, 4.69) is 22.0 Å². The highest BCUT2D eigenvalue weighted by molar-refractivity contribution is 5.52. The summed E-state index contributed by atoms with van der Waals surface area (Å²) >= 11 is 0. The van der Waals surface area contributed by atoms with Crippen LogP contribution in [0.2, 0.25) is 0 Å². The molecule has 1 aliphatic rings. The molecule has 0 aliphatic heterocycles. The van der Waals surface area contributed by atoms with Gasteiger partial charge in [0.25, 0.3) is 5.89 Å². The number of aromatic nitrogens is 3. The van der Waals surface area contributed by atoms with E-state index in [1.54, 1.807) is 6.20 Å². The predicted molar refractivity (Wildman–Crippen MR) is 75.8 cm³/mol. The maximum atomic E-state index is 5.60. The summed E-state index contributed by atoms with van der Waals surface area (Å²) in [5, 5.41) is 4.16. The molecule has 0 spiro atoms. The molecule has 2 atom stereocenters. The maximum Gasteiger partial charge on any atom is 0.258 e. The van der Waals surface area contributed by atoms with Crippen LogP contribution in [-0.4, -0.2) is 15.1 Å². The Labute approximate surface area is 118 Å².